The van der Waals surface area contributed by atoms with E-state index in [4.69, 9.17) is 0 Å². The van der Waals surface area contributed by atoms with Gasteiger partial charge in [0.2, 0.25) is 0 Å². The van der Waals surface area contributed by atoms with Crippen molar-refractivity contribution in [1.82, 2.24) is 0 Å². The lowest BCUT2D eigenvalue weighted by Crippen LogP contribution is -1.92. The van der Waals surface area contributed by atoms with Gasteiger partial charge < -0.3 is 0 Å². The minimum absolute atomic E-state index is 0.193. The highest BCUT2D eigenvalue weighted by atomic mass is 19.1. The van der Waals surface area contributed by atoms with Crippen LogP contribution in [0.5, 0.6) is 0 Å². The second-order valence-electron chi connectivity index (χ2n) is 5.43. The molecule has 0 saturated heterocycles. The monoisotopic (exact) mass is 308 g/mol. The standard InChI is InChI=1S/C20H11F3/c21-14-8-9-16(18(23)11-14)20-15-6-2-1-4-12(15)10-13-5-3-7-17(22)19(13)20/h1-11H. The van der Waals surface area contributed by atoms with Crippen LogP contribution in [0, 0.1) is 17.5 Å². The first-order valence-corrected chi connectivity index (χ1v) is 7.20. The molecule has 0 aromatic heterocycles. The Bertz CT molecular complexity index is 1050. The first-order chi connectivity index (χ1) is 11.1. The van der Waals surface area contributed by atoms with Gasteiger partial charge in [-0.1, -0.05) is 36.4 Å². The van der Waals surface area contributed by atoms with Crippen molar-refractivity contribution in [2.45, 2.75) is 0 Å². The fourth-order valence-electron chi connectivity index (χ4n) is 3.05. The van der Waals surface area contributed by atoms with Crippen LogP contribution in [0.2, 0.25) is 0 Å². The molecule has 0 atom stereocenters. The average molecular weight is 308 g/mol. The number of halogens is 3. The van der Waals surface area contributed by atoms with E-state index in [1.807, 2.05) is 30.3 Å². The molecule has 0 nitrogen and oxygen atoms in total. The van der Waals surface area contributed by atoms with Gasteiger partial charge in [-0.15, -0.1) is 0 Å². The summed E-state index contributed by atoms with van der Waals surface area (Å²) in [5.41, 5.74) is 0.645. The van der Waals surface area contributed by atoms with E-state index in [-0.39, 0.29) is 5.56 Å². The van der Waals surface area contributed by atoms with E-state index >= 15 is 0 Å². The van der Waals surface area contributed by atoms with Crippen molar-refractivity contribution in [3.63, 3.8) is 0 Å². The van der Waals surface area contributed by atoms with Crippen molar-refractivity contribution in [1.29, 1.82) is 0 Å². The highest BCUT2D eigenvalue weighted by Gasteiger charge is 2.16. The Kier molecular flexibility index (Phi) is 3.08. The van der Waals surface area contributed by atoms with Gasteiger partial charge in [-0.05, 0) is 40.4 Å². The summed E-state index contributed by atoms with van der Waals surface area (Å²) in [6.45, 7) is 0. The Morgan fingerprint density at radius 3 is 2.22 bits per heavy atom. The first-order valence-electron chi connectivity index (χ1n) is 7.20. The Morgan fingerprint density at radius 2 is 1.39 bits per heavy atom. The maximum absolute atomic E-state index is 14.5. The van der Waals surface area contributed by atoms with Crippen LogP contribution >= 0.6 is 0 Å². The van der Waals surface area contributed by atoms with E-state index in [0.29, 0.717) is 16.3 Å². The third-order valence-corrected chi connectivity index (χ3v) is 4.04. The highest BCUT2D eigenvalue weighted by Crippen LogP contribution is 2.38. The van der Waals surface area contributed by atoms with E-state index in [1.165, 1.54) is 18.2 Å². The van der Waals surface area contributed by atoms with Crippen molar-refractivity contribution in [3.05, 3.63) is 84.2 Å². The van der Waals surface area contributed by atoms with Crippen molar-refractivity contribution >= 4 is 21.5 Å². The number of benzene rings is 4. The lowest BCUT2D eigenvalue weighted by atomic mass is 9.91. The van der Waals surface area contributed by atoms with E-state index in [0.717, 1.165) is 16.8 Å². The third-order valence-electron chi connectivity index (χ3n) is 4.04. The summed E-state index contributed by atoms with van der Waals surface area (Å²) in [5.74, 6) is -1.78. The summed E-state index contributed by atoms with van der Waals surface area (Å²) < 4.78 is 42.1. The van der Waals surface area contributed by atoms with Gasteiger partial charge in [0.1, 0.15) is 17.5 Å². The molecule has 0 spiro atoms. The van der Waals surface area contributed by atoms with E-state index in [2.05, 4.69) is 0 Å². The zero-order chi connectivity index (χ0) is 16.0. The van der Waals surface area contributed by atoms with Crippen LogP contribution in [0.3, 0.4) is 0 Å². The van der Waals surface area contributed by atoms with Crippen molar-refractivity contribution in [2.24, 2.45) is 0 Å². The van der Waals surface area contributed by atoms with Crippen LogP contribution in [-0.4, -0.2) is 0 Å². The predicted molar refractivity (Wildman–Crippen MR) is 86.8 cm³/mol. The fraction of sp³-hybridized carbons (Fsp3) is 0. The lowest BCUT2D eigenvalue weighted by Gasteiger charge is -2.13. The van der Waals surface area contributed by atoms with Crippen LogP contribution in [0.4, 0.5) is 13.2 Å². The summed E-state index contributed by atoms with van der Waals surface area (Å²) >= 11 is 0. The molecule has 0 aliphatic rings. The lowest BCUT2D eigenvalue weighted by molar-refractivity contribution is 0.585. The van der Waals surface area contributed by atoms with Crippen LogP contribution in [0.15, 0.2) is 66.7 Å². The number of hydrogen-bond acceptors (Lipinski definition) is 0. The molecule has 0 heterocycles. The zero-order valence-corrected chi connectivity index (χ0v) is 12.0. The SMILES string of the molecule is Fc1ccc(-c2c3ccccc3cc3cccc(F)c23)c(F)c1. The molecule has 0 fully saturated rings. The molecule has 4 aromatic rings. The second-order valence-corrected chi connectivity index (χ2v) is 5.43. The van der Waals surface area contributed by atoms with E-state index in [9.17, 15) is 13.2 Å². The van der Waals surface area contributed by atoms with Gasteiger partial charge in [-0.2, -0.15) is 0 Å². The van der Waals surface area contributed by atoms with Crippen LogP contribution < -0.4 is 0 Å². The van der Waals surface area contributed by atoms with E-state index in [1.54, 1.807) is 12.1 Å². The Hall–Kier alpha value is -2.81. The predicted octanol–water partition coefficient (Wildman–Crippen LogP) is 6.08. The van der Waals surface area contributed by atoms with Crippen molar-refractivity contribution in [2.75, 3.05) is 0 Å². The molecule has 0 aliphatic carbocycles. The van der Waals surface area contributed by atoms with Gasteiger partial charge in [0, 0.05) is 22.6 Å². The van der Waals surface area contributed by atoms with Gasteiger partial charge in [-0.3, -0.25) is 0 Å². The first kappa shape index (κ1) is 13.8. The molecule has 0 radical (unpaired) electrons. The molecule has 0 saturated carbocycles. The Morgan fingerprint density at radius 1 is 0.609 bits per heavy atom. The van der Waals surface area contributed by atoms with Crippen LogP contribution in [0.25, 0.3) is 32.7 Å². The second kappa shape index (κ2) is 5.13. The molecule has 3 heteroatoms. The zero-order valence-electron chi connectivity index (χ0n) is 12.0. The molecule has 0 N–H and O–H groups in total. The number of hydrogen-bond donors (Lipinski definition) is 0. The molecule has 23 heavy (non-hydrogen) atoms. The van der Waals surface area contributed by atoms with Gasteiger partial charge in [0.05, 0.1) is 0 Å². The Labute approximate surface area is 130 Å². The van der Waals surface area contributed by atoms with Crippen molar-refractivity contribution in [3.8, 4) is 11.1 Å². The van der Waals surface area contributed by atoms with Gasteiger partial charge in [-0.25, -0.2) is 13.2 Å². The molecule has 0 bridgehead atoms. The van der Waals surface area contributed by atoms with Crippen molar-refractivity contribution < 1.29 is 13.2 Å². The minimum Gasteiger partial charge on any atom is -0.207 e. The number of fused-ring (bicyclic) bond motifs is 2. The summed E-state index contributed by atoms with van der Waals surface area (Å²) in [7, 11) is 0. The summed E-state index contributed by atoms with van der Waals surface area (Å²) in [6.07, 6.45) is 0. The smallest absolute Gasteiger partial charge is 0.133 e. The minimum atomic E-state index is -0.703. The molecular formula is C20H11F3. The normalized spacial score (nSPS) is 11.3. The molecule has 4 aromatic carbocycles. The summed E-state index contributed by atoms with van der Waals surface area (Å²) in [4.78, 5) is 0. The van der Waals surface area contributed by atoms with Crippen LogP contribution in [-0.2, 0) is 0 Å². The average Bonchev–Trinajstić information content (AvgIpc) is 2.54. The van der Waals surface area contributed by atoms with Gasteiger partial charge >= 0.3 is 0 Å². The summed E-state index contributed by atoms with van der Waals surface area (Å²) in [6, 6.07) is 17.4. The van der Waals surface area contributed by atoms with Gasteiger partial charge in [0.15, 0.2) is 0 Å². The molecule has 4 rings (SSSR count). The largest absolute Gasteiger partial charge is 0.207 e. The molecule has 112 valence electrons. The Balaban J connectivity index is 2.25. The summed E-state index contributed by atoms with van der Waals surface area (Å²) in [5, 5.41) is 2.64. The molecular weight excluding hydrogens is 297 g/mol. The molecule has 0 unspecified atom stereocenters. The topological polar surface area (TPSA) is 0 Å². The third kappa shape index (κ3) is 2.16. The van der Waals surface area contributed by atoms with E-state index < -0.39 is 17.5 Å². The maximum atomic E-state index is 14.5. The molecule has 0 amide bonds. The quantitative estimate of drug-likeness (QED) is 0.374. The maximum Gasteiger partial charge on any atom is 0.133 e. The fourth-order valence-corrected chi connectivity index (χ4v) is 3.05. The number of rotatable bonds is 1. The highest BCUT2D eigenvalue weighted by molar-refractivity contribution is 6.12. The molecule has 0 aliphatic heterocycles. The van der Waals surface area contributed by atoms with Crippen LogP contribution in [0.1, 0.15) is 0 Å². The van der Waals surface area contributed by atoms with Gasteiger partial charge in [0.25, 0.3) is 0 Å².